The van der Waals surface area contributed by atoms with E-state index >= 15 is 0 Å². The SMILES string of the molecule is CCO[Si](OCC)(OCC)[SiH2][SiH2][SiH2][SiH2][SiH2][SiH2][SiH2][SiH2][SiH2][SiH2][SiH2][SiH2][SiH3]. The minimum absolute atomic E-state index is 0.0787. The van der Waals surface area contributed by atoms with Gasteiger partial charge in [0.25, 0.3) is 0 Å². The van der Waals surface area contributed by atoms with Crippen LogP contribution in [0.25, 0.3) is 0 Å². The van der Waals surface area contributed by atoms with Crippen LogP contribution in [0.5, 0.6) is 0 Å². The van der Waals surface area contributed by atoms with Gasteiger partial charge in [-0.25, -0.2) is 0 Å². The lowest BCUT2D eigenvalue weighted by Crippen LogP contribution is -2.55. The lowest BCUT2D eigenvalue weighted by atomic mass is 10.9. The van der Waals surface area contributed by atoms with Crippen LogP contribution in [0.3, 0.4) is 0 Å². The molecule has 0 spiro atoms. The number of hydrogen-bond donors (Lipinski definition) is 0. The first-order valence-electron chi connectivity index (χ1n) is 10.2. The van der Waals surface area contributed by atoms with E-state index in [2.05, 4.69) is 20.8 Å². The average molecular weight is 556 g/mol. The zero-order chi connectivity index (χ0) is 17.2. The summed E-state index contributed by atoms with van der Waals surface area (Å²) in [4.78, 5) is 0. The Hall–Kier alpha value is 2.92. The molecule has 0 aliphatic rings. The zero-order valence-electron chi connectivity index (χ0n) is 16.3. The van der Waals surface area contributed by atoms with E-state index in [1.54, 1.807) is 9.76 Å². The van der Waals surface area contributed by atoms with Crippen LogP contribution in [0.2, 0.25) is 0 Å². The number of hydrogen-bond acceptors (Lipinski definition) is 3. The molecule has 0 saturated heterocycles. The smallest absolute Gasteiger partial charge is 0.377 e. The Bertz CT molecular complexity index is 232. The lowest BCUT2D eigenvalue weighted by molar-refractivity contribution is 0.0936. The van der Waals surface area contributed by atoms with Gasteiger partial charge in [-0.15, -0.1) is 0 Å². The molecule has 0 saturated carbocycles. The maximum atomic E-state index is 6.08. The Morgan fingerprint density at radius 2 is 0.957 bits per heavy atom. The molecule has 0 amide bonds. The molecule has 140 valence electrons. The van der Waals surface area contributed by atoms with E-state index < -0.39 is 8.32 Å². The van der Waals surface area contributed by atoms with Gasteiger partial charge in [0.15, 0.2) is 0 Å². The van der Waals surface area contributed by atoms with Crippen molar-refractivity contribution in [1.82, 2.24) is 0 Å². The van der Waals surface area contributed by atoms with Crippen molar-refractivity contribution in [3.63, 3.8) is 0 Å². The minimum Gasteiger partial charge on any atom is -0.377 e. The number of rotatable bonds is 18. The molecule has 0 aliphatic heterocycles. The van der Waals surface area contributed by atoms with Crippen LogP contribution in [0.4, 0.5) is 0 Å². The van der Waals surface area contributed by atoms with Gasteiger partial charge in [0.05, 0.1) is 0 Å². The molecule has 0 radical (unpaired) electrons. The first-order valence-corrected chi connectivity index (χ1v) is 63.9. The summed E-state index contributed by atoms with van der Waals surface area (Å²) >= 11 is 0. The molecule has 0 unspecified atom stereocenters. The summed E-state index contributed by atoms with van der Waals surface area (Å²) in [7, 11) is 7.45. The van der Waals surface area contributed by atoms with Crippen molar-refractivity contribution < 1.29 is 13.3 Å². The largest absolute Gasteiger partial charge is 0.458 e. The first kappa shape index (κ1) is 25.9. The molecule has 23 heavy (non-hydrogen) atoms. The second kappa shape index (κ2) is 19.7. The topological polar surface area (TPSA) is 27.7 Å². The molecule has 0 aromatic carbocycles. The summed E-state index contributed by atoms with van der Waals surface area (Å²) in [5, 5.41) is 0. The van der Waals surface area contributed by atoms with Crippen LogP contribution in [-0.2, 0) is 13.3 Å². The fraction of sp³-hybridized carbons (Fsp3) is 1.00. The standard InChI is InChI=1S/C6H42O3Si14/c1-4-7-23(8-5-2,9-6-3)22-21-20-19-18-17-16-15-14-13-12-11-10/h4-6,11-22H2,1-3,10H3. The monoisotopic (exact) mass is 554 g/mol. The van der Waals surface area contributed by atoms with Crippen molar-refractivity contribution >= 4 is 121 Å². The van der Waals surface area contributed by atoms with Crippen molar-refractivity contribution in [3.8, 4) is 0 Å². The second-order valence-electron chi connectivity index (χ2n) is 6.27. The van der Waals surface area contributed by atoms with Gasteiger partial charge < -0.3 is 13.3 Å². The molecule has 0 fully saturated rings. The van der Waals surface area contributed by atoms with Crippen LogP contribution in [0, 0.1) is 0 Å². The van der Waals surface area contributed by atoms with Crippen LogP contribution >= 0.6 is 0 Å². The van der Waals surface area contributed by atoms with E-state index in [-0.39, 0.29) is 8.55 Å². The molecular weight excluding hydrogens is 513 g/mol. The third-order valence-electron chi connectivity index (χ3n) is 4.18. The van der Waals surface area contributed by atoms with E-state index in [1.165, 1.54) is 0 Å². The quantitative estimate of drug-likeness (QED) is 0.124. The summed E-state index contributed by atoms with van der Waals surface area (Å²) in [6.45, 7) is 8.78. The maximum Gasteiger partial charge on any atom is 0.458 e. The zero-order valence-corrected chi connectivity index (χ0v) is 36.3. The predicted molar refractivity (Wildman–Crippen MR) is 153 cm³/mol. The molecule has 0 bridgehead atoms. The summed E-state index contributed by atoms with van der Waals surface area (Å²) in [5.74, 6) is 0. The molecule has 0 heterocycles. The summed E-state index contributed by atoms with van der Waals surface area (Å²) in [6, 6.07) is 0. The Morgan fingerprint density at radius 3 is 1.30 bits per heavy atom. The van der Waals surface area contributed by atoms with Crippen LogP contribution in [0.15, 0.2) is 0 Å². The highest BCUT2D eigenvalue weighted by Gasteiger charge is 2.38. The molecule has 3 nitrogen and oxygen atoms in total. The van der Waals surface area contributed by atoms with Crippen molar-refractivity contribution in [3.05, 3.63) is 0 Å². The average Bonchev–Trinajstić information content (AvgIpc) is 2.53. The van der Waals surface area contributed by atoms with Crippen molar-refractivity contribution in [2.24, 2.45) is 0 Å². The normalized spacial score (nSPS) is 18.4. The van der Waals surface area contributed by atoms with Gasteiger partial charge >= 0.3 is 8.32 Å². The molecule has 0 aromatic heterocycles. The predicted octanol–water partition coefficient (Wildman–Crippen LogP) is -11.1. The van der Waals surface area contributed by atoms with E-state index in [0.29, 0.717) is 25.7 Å². The minimum atomic E-state index is -2.07. The van der Waals surface area contributed by atoms with Crippen LogP contribution in [-0.4, -0.2) is 141 Å². The highest BCUT2D eigenvalue weighted by molar-refractivity contribution is 7.72. The summed E-state index contributed by atoms with van der Waals surface area (Å²) in [5.41, 5.74) is 0. The third-order valence-corrected chi connectivity index (χ3v) is 239. The highest BCUT2D eigenvalue weighted by Crippen LogP contribution is 2.07. The second-order valence-corrected chi connectivity index (χ2v) is 123. The molecule has 17 heteroatoms. The molecule has 0 aromatic rings. The molecule has 0 N–H and O–H groups in total. The third kappa shape index (κ3) is 15.6. The maximum absolute atomic E-state index is 6.08. The van der Waals surface area contributed by atoms with E-state index in [9.17, 15) is 0 Å². The van der Waals surface area contributed by atoms with Crippen molar-refractivity contribution in [2.75, 3.05) is 19.8 Å². The van der Waals surface area contributed by atoms with Gasteiger partial charge in [-0.1, -0.05) is 0 Å². The van der Waals surface area contributed by atoms with Gasteiger partial charge in [-0.3, -0.25) is 0 Å². The molecule has 0 aliphatic carbocycles. The van der Waals surface area contributed by atoms with E-state index in [4.69, 9.17) is 13.3 Å². The van der Waals surface area contributed by atoms with Crippen LogP contribution in [0.1, 0.15) is 20.8 Å². The van der Waals surface area contributed by atoms with Crippen LogP contribution < -0.4 is 0 Å². The Labute approximate surface area is 173 Å². The fourth-order valence-electron chi connectivity index (χ4n) is 3.01. The summed E-state index contributed by atoms with van der Waals surface area (Å²) < 4.78 is 18.2. The van der Waals surface area contributed by atoms with Gasteiger partial charge in [0.2, 0.25) is 0 Å². The highest BCUT2D eigenvalue weighted by atomic mass is 30.1. The molecule has 0 rings (SSSR count). The Balaban J connectivity index is 3.65. The Morgan fingerprint density at radius 1 is 0.609 bits per heavy atom. The van der Waals surface area contributed by atoms with Gasteiger partial charge in [0, 0.05) is 28.4 Å². The first-order chi connectivity index (χ1) is 11.2. The van der Waals surface area contributed by atoms with E-state index in [1.807, 2.05) is 0 Å². The molecule has 0 atom stereocenters. The van der Waals surface area contributed by atoms with Gasteiger partial charge in [-0.2, -0.15) is 0 Å². The van der Waals surface area contributed by atoms with E-state index in [0.717, 1.165) is 88.3 Å². The van der Waals surface area contributed by atoms with Crippen molar-refractivity contribution in [1.29, 1.82) is 0 Å². The summed E-state index contributed by atoms with van der Waals surface area (Å²) in [6.07, 6.45) is 0. The van der Waals surface area contributed by atoms with Crippen molar-refractivity contribution in [2.45, 2.75) is 20.8 Å². The molecular formula is C6H42O3Si14. The Kier molecular flexibility index (Phi) is 22.2. The van der Waals surface area contributed by atoms with Gasteiger partial charge in [-0.05, 0) is 116 Å². The fourth-order valence-corrected chi connectivity index (χ4v) is 462. The lowest BCUT2D eigenvalue weighted by Gasteiger charge is -2.28. The van der Waals surface area contributed by atoms with Gasteiger partial charge in [0.1, 0.15) is 8.55 Å².